The van der Waals surface area contributed by atoms with Crippen LogP contribution in [-0.4, -0.2) is 20.4 Å². The molecule has 2 aromatic carbocycles. The van der Waals surface area contributed by atoms with Crippen LogP contribution in [0.15, 0.2) is 53.4 Å². The highest BCUT2D eigenvalue weighted by Gasteiger charge is 2.15. The van der Waals surface area contributed by atoms with Crippen molar-refractivity contribution in [3.63, 3.8) is 0 Å². The maximum Gasteiger partial charge on any atom is 0.265 e. The molecule has 0 aliphatic carbocycles. The number of primary sulfonamides is 1. The Hall–Kier alpha value is -2.89. The normalized spacial score (nSPS) is 12.0. The number of nitrogens with two attached hydrogens (primary N) is 1. The molecular formula is C16H15N3O4S. The number of hydrogen-bond donors (Lipinski definition) is 2. The van der Waals surface area contributed by atoms with Crippen LogP contribution in [0.1, 0.15) is 12.5 Å². The number of nitrogens with one attached hydrogen (secondary N) is 1. The van der Waals surface area contributed by atoms with Gasteiger partial charge in [-0.25, -0.2) is 13.6 Å². The number of carbonyl (C=O) groups excluding carboxylic acids is 1. The largest absolute Gasteiger partial charge is 0.481 e. The maximum absolute atomic E-state index is 12.1. The van der Waals surface area contributed by atoms with Crippen molar-refractivity contribution in [3.05, 3.63) is 54.1 Å². The van der Waals surface area contributed by atoms with Gasteiger partial charge in [-0.15, -0.1) is 0 Å². The van der Waals surface area contributed by atoms with Crippen molar-refractivity contribution in [1.82, 2.24) is 0 Å². The number of nitrogens with zero attached hydrogens (tertiary/aromatic N) is 1. The second kappa shape index (κ2) is 7.12. The Morgan fingerprint density at radius 2 is 1.75 bits per heavy atom. The van der Waals surface area contributed by atoms with Gasteiger partial charge in [-0.05, 0) is 55.5 Å². The quantitative estimate of drug-likeness (QED) is 0.852. The molecule has 0 heterocycles. The zero-order valence-electron chi connectivity index (χ0n) is 12.8. The number of anilines is 1. The van der Waals surface area contributed by atoms with Crippen LogP contribution in [0.5, 0.6) is 5.75 Å². The lowest BCUT2D eigenvalue weighted by Crippen LogP contribution is -2.30. The van der Waals surface area contributed by atoms with Crippen LogP contribution >= 0.6 is 0 Å². The van der Waals surface area contributed by atoms with Crippen LogP contribution < -0.4 is 15.2 Å². The minimum Gasteiger partial charge on any atom is -0.481 e. The van der Waals surface area contributed by atoms with E-state index in [9.17, 15) is 13.2 Å². The van der Waals surface area contributed by atoms with Gasteiger partial charge in [0.2, 0.25) is 10.0 Å². The molecule has 0 radical (unpaired) electrons. The van der Waals surface area contributed by atoms with Crippen LogP contribution in [0, 0.1) is 11.3 Å². The summed E-state index contributed by atoms with van der Waals surface area (Å²) in [6.45, 7) is 1.58. The highest BCUT2D eigenvalue weighted by Crippen LogP contribution is 2.16. The summed E-state index contributed by atoms with van der Waals surface area (Å²) < 4.78 is 27.8. The topological polar surface area (TPSA) is 122 Å². The number of hydrogen-bond acceptors (Lipinski definition) is 5. The number of sulfonamides is 1. The molecule has 0 saturated carbocycles. The average molecular weight is 345 g/mol. The summed E-state index contributed by atoms with van der Waals surface area (Å²) in [7, 11) is -3.77. The molecule has 3 N–H and O–H groups in total. The van der Waals surface area contributed by atoms with E-state index < -0.39 is 22.0 Å². The molecular weight excluding hydrogens is 330 g/mol. The molecule has 0 aromatic heterocycles. The van der Waals surface area contributed by atoms with Gasteiger partial charge in [0, 0.05) is 5.69 Å². The fourth-order valence-electron chi connectivity index (χ4n) is 1.84. The molecule has 24 heavy (non-hydrogen) atoms. The van der Waals surface area contributed by atoms with Gasteiger partial charge in [-0.1, -0.05) is 0 Å². The first-order valence-electron chi connectivity index (χ1n) is 6.90. The lowest BCUT2D eigenvalue weighted by Gasteiger charge is -2.15. The van der Waals surface area contributed by atoms with E-state index in [1.54, 1.807) is 31.2 Å². The van der Waals surface area contributed by atoms with E-state index in [2.05, 4.69) is 5.32 Å². The van der Waals surface area contributed by atoms with Gasteiger partial charge in [0.05, 0.1) is 16.5 Å². The molecule has 0 fully saturated rings. The molecule has 7 nitrogen and oxygen atoms in total. The molecule has 1 amide bonds. The molecule has 8 heteroatoms. The number of nitriles is 1. The number of rotatable bonds is 5. The third kappa shape index (κ3) is 4.55. The Morgan fingerprint density at radius 1 is 1.17 bits per heavy atom. The molecule has 124 valence electrons. The lowest BCUT2D eigenvalue weighted by molar-refractivity contribution is -0.122. The first-order chi connectivity index (χ1) is 11.3. The number of benzene rings is 2. The summed E-state index contributed by atoms with van der Waals surface area (Å²) in [5.41, 5.74) is 0.914. The van der Waals surface area contributed by atoms with Gasteiger partial charge in [0.15, 0.2) is 6.10 Å². The van der Waals surface area contributed by atoms with Crippen molar-refractivity contribution in [2.75, 3.05) is 5.32 Å². The van der Waals surface area contributed by atoms with E-state index in [4.69, 9.17) is 15.1 Å². The third-order valence-corrected chi connectivity index (χ3v) is 4.05. The monoisotopic (exact) mass is 345 g/mol. The SMILES string of the molecule is C[C@@H](Oc1ccc(C#N)cc1)C(=O)Nc1ccc(S(N)(=O)=O)cc1. The van der Waals surface area contributed by atoms with Crippen molar-refractivity contribution in [2.45, 2.75) is 17.9 Å². The first kappa shape index (κ1) is 17.5. The third-order valence-electron chi connectivity index (χ3n) is 3.12. The Morgan fingerprint density at radius 3 is 2.25 bits per heavy atom. The molecule has 0 spiro atoms. The second-order valence-electron chi connectivity index (χ2n) is 4.95. The summed E-state index contributed by atoms with van der Waals surface area (Å²) in [4.78, 5) is 12.1. The van der Waals surface area contributed by atoms with Gasteiger partial charge in [-0.3, -0.25) is 4.79 Å². The van der Waals surface area contributed by atoms with Crippen LogP contribution in [0.4, 0.5) is 5.69 Å². The average Bonchev–Trinajstić information content (AvgIpc) is 2.55. The predicted molar refractivity (Wildman–Crippen MR) is 87.7 cm³/mol. The molecule has 1 atom stereocenters. The Labute approximate surface area is 139 Å². The Kier molecular flexibility index (Phi) is 5.18. The van der Waals surface area contributed by atoms with Crippen molar-refractivity contribution >= 4 is 21.6 Å². The van der Waals surface area contributed by atoms with Crippen molar-refractivity contribution < 1.29 is 17.9 Å². The van der Waals surface area contributed by atoms with E-state index in [0.717, 1.165) is 0 Å². The highest BCUT2D eigenvalue weighted by molar-refractivity contribution is 7.89. The molecule has 0 unspecified atom stereocenters. The first-order valence-corrected chi connectivity index (χ1v) is 8.45. The van der Waals surface area contributed by atoms with Crippen molar-refractivity contribution in [3.8, 4) is 11.8 Å². The Balaban J connectivity index is 1.99. The highest BCUT2D eigenvalue weighted by atomic mass is 32.2. The summed E-state index contributed by atoms with van der Waals surface area (Å²) >= 11 is 0. The molecule has 0 aliphatic heterocycles. The van der Waals surface area contributed by atoms with Crippen molar-refractivity contribution in [2.24, 2.45) is 5.14 Å². The Bertz CT molecular complexity index is 869. The lowest BCUT2D eigenvalue weighted by atomic mass is 10.2. The van der Waals surface area contributed by atoms with Gasteiger partial charge in [0.1, 0.15) is 5.75 Å². The molecule has 0 aliphatic rings. The van der Waals surface area contributed by atoms with Crippen molar-refractivity contribution in [1.29, 1.82) is 5.26 Å². The zero-order valence-corrected chi connectivity index (χ0v) is 13.6. The van der Waals surface area contributed by atoms with E-state index in [1.807, 2.05) is 6.07 Å². The van der Waals surface area contributed by atoms with E-state index in [0.29, 0.717) is 17.0 Å². The number of ether oxygens (including phenoxy) is 1. The van der Waals surface area contributed by atoms with E-state index in [1.165, 1.54) is 24.3 Å². The summed E-state index contributed by atoms with van der Waals surface area (Å²) in [6.07, 6.45) is -0.782. The van der Waals surface area contributed by atoms with Crippen LogP contribution in [-0.2, 0) is 14.8 Å². The molecule has 0 saturated heterocycles. The molecule has 2 aromatic rings. The fourth-order valence-corrected chi connectivity index (χ4v) is 2.35. The second-order valence-corrected chi connectivity index (χ2v) is 6.52. The summed E-state index contributed by atoms with van der Waals surface area (Å²) in [5, 5.41) is 16.4. The van der Waals surface area contributed by atoms with Gasteiger partial charge < -0.3 is 10.1 Å². The smallest absolute Gasteiger partial charge is 0.265 e. The minimum atomic E-state index is -3.77. The van der Waals surface area contributed by atoms with Gasteiger partial charge in [-0.2, -0.15) is 5.26 Å². The van der Waals surface area contributed by atoms with Gasteiger partial charge >= 0.3 is 0 Å². The summed E-state index contributed by atoms with van der Waals surface area (Å²) in [5.74, 6) is 0.0592. The van der Waals surface area contributed by atoms with Crippen LogP contribution in [0.25, 0.3) is 0 Å². The standard InChI is InChI=1S/C16H15N3O4S/c1-11(23-14-6-2-12(10-17)3-7-14)16(20)19-13-4-8-15(9-5-13)24(18,21)22/h2-9,11H,1H3,(H,19,20)(H2,18,21,22)/t11-/m1/s1. The van der Waals surface area contributed by atoms with E-state index in [-0.39, 0.29) is 4.90 Å². The number of carbonyl (C=O) groups is 1. The zero-order chi connectivity index (χ0) is 17.7. The van der Waals surface area contributed by atoms with Crippen LogP contribution in [0.3, 0.4) is 0 Å². The fraction of sp³-hybridized carbons (Fsp3) is 0.125. The predicted octanol–water partition coefficient (Wildman–Crippen LogP) is 1.61. The van der Waals surface area contributed by atoms with Crippen LogP contribution in [0.2, 0.25) is 0 Å². The van der Waals surface area contributed by atoms with Gasteiger partial charge in [0.25, 0.3) is 5.91 Å². The molecule has 2 rings (SSSR count). The summed E-state index contributed by atoms with van der Waals surface area (Å²) in [6, 6.07) is 13.8. The maximum atomic E-state index is 12.1. The van der Waals surface area contributed by atoms with E-state index >= 15 is 0 Å². The molecule has 0 bridgehead atoms. The minimum absolute atomic E-state index is 0.0395. The number of amides is 1.